The van der Waals surface area contributed by atoms with E-state index in [4.69, 9.17) is 5.73 Å². The van der Waals surface area contributed by atoms with Crippen LogP contribution in [0.15, 0.2) is 23.1 Å². The number of hydrogen-bond acceptors (Lipinski definition) is 5. The Balaban J connectivity index is 2.44. The van der Waals surface area contributed by atoms with Crippen molar-refractivity contribution in [2.24, 2.45) is 0 Å². The highest BCUT2D eigenvalue weighted by Gasteiger charge is 2.38. The van der Waals surface area contributed by atoms with E-state index in [1.165, 1.54) is 19.2 Å². The van der Waals surface area contributed by atoms with Gasteiger partial charge in [0.15, 0.2) is 0 Å². The number of nitrogens with zero attached hydrogens (tertiary/aromatic N) is 1. The molecule has 1 aromatic carbocycles. The molecular weight excluding hydrogens is 292 g/mol. The van der Waals surface area contributed by atoms with Crippen molar-refractivity contribution in [1.82, 2.24) is 10.0 Å². The fraction of sp³-hybridized carbons (Fsp3) is 0.462. The van der Waals surface area contributed by atoms with Crippen molar-refractivity contribution in [3.05, 3.63) is 18.2 Å². The van der Waals surface area contributed by atoms with Crippen molar-refractivity contribution in [2.75, 3.05) is 30.8 Å². The Labute approximate surface area is 124 Å². The molecule has 4 N–H and O–H groups in total. The lowest BCUT2D eigenvalue weighted by molar-refractivity contribution is -0.126. The van der Waals surface area contributed by atoms with E-state index in [0.717, 1.165) is 0 Å². The van der Waals surface area contributed by atoms with E-state index in [1.807, 2.05) is 4.90 Å². The molecule has 21 heavy (non-hydrogen) atoms. The number of nitrogen functional groups attached to an aromatic ring is 1. The first-order valence-corrected chi connectivity index (χ1v) is 8.07. The Hall–Kier alpha value is -1.80. The van der Waals surface area contributed by atoms with Gasteiger partial charge in [0.25, 0.3) is 0 Å². The minimum Gasteiger partial charge on any atom is -0.397 e. The summed E-state index contributed by atoms with van der Waals surface area (Å²) in [7, 11) is -2.19. The minimum atomic E-state index is -3.54. The van der Waals surface area contributed by atoms with E-state index in [9.17, 15) is 13.2 Å². The molecule has 1 saturated heterocycles. The Bertz CT molecular complexity index is 670. The van der Waals surface area contributed by atoms with Crippen molar-refractivity contribution in [3.8, 4) is 0 Å². The molecular formula is C13H20N4O3S. The molecule has 0 saturated carbocycles. The second kappa shape index (κ2) is 5.19. The fourth-order valence-electron chi connectivity index (χ4n) is 2.38. The SMILES string of the molecule is CNS(=O)(=O)c1ccc(N2CCNC(=O)C2(C)C)c(N)c1. The zero-order valence-corrected chi connectivity index (χ0v) is 13.1. The summed E-state index contributed by atoms with van der Waals surface area (Å²) < 4.78 is 25.8. The van der Waals surface area contributed by atoms with Gasteiger partial charge in [-0.3, -0.25) is 4.79 Å². The number of sulfonamides is 1. The summed E-state index contributed by atoms with van der Waals surface area (Å²) in [6, 6.07) is 4.53. The summed E-state index contributed by atoms with van der Waals surface area (Å²) in [5.41, 5.74) is 6.25. The van der Waals surface area contributed by atoms with Gasteiger partial charge in [-0.1, -0.05) is 0 Å². The number of amides is 1. The molecule has 0 radical (unpaired) electrons. The van der Waals surface area contributed by atoms with E-state index in [-0.39, 0.29) is 10.8 Å². The largest absolute Gasteiger partial charge is 0.397 e. The summed E-state index contributed by atoms with van der Waals surface area (Å²) in [5, 5.41) is 2.81. The van der Waals surface area contributed by atoms with Crippen LogP contribution in [0.5, 0.6) is 0 Å². The molecule has 1 aliphatic heterocycles. The second-order valence-electron chi connectivity index (χ2n) is 5.39. The number of nitrogens with two attached hydrogens (primary N) is 1. The number of benzene rings is 1. The molecule has 0 aliphatic carbocycles. The third kappa shape index (κ3) is 2.68. The van der Waals surface area contributed by atoms with Crippen LogP contribution in [0.4, 0.5) is 11.4 Å². The second-order valence-corrected chi connectivity index (χ2v) is 7.28. The van der Waals surface area contributed by atoms with Gasteiger partial charge in [-0.2, -0.15) is 0 Å². The zero-order valence-electron chi connectivity index (χ0n) is 12.3. The van der Waals surface area contributed by atoms with Gasteiger partial charge < -0.3 is 16.0 Å². The first kappa shape index (κ1) is 15.6. The van der Waals surface area contributed by atoms with Crippen molar-refractivity contribution in [1.29, 1.82) is 0 Å². The van der Waals surface area contributed by atoms with Crippen LogP contribution >= 0.6 is 0 Å². The van der Waals surface area contributed by atoms with Gasteiger partial charge in [0.1, 0.15) is 5.54 Å². The summed E-state index contributed by atoms with van der Waals surface area (Å²) in [4.78, 5) is 14.0. The quantitative estimate of drug-likeness (QED) is 0.676. The Morgan fingerprint density at radius 2 is 2.05 bits per heavy atom. The molecule has 2 rings (SSSR count). The molecule has 1 amide bonds. The third-order valence-electron chi connectivity index (χ3n) is 3.72. The van der Waals surface area contributed by atoms with Gasteiger partial charge in [0.05, 0.1) is 16.3 Å². The molecule has 8 heteroatoms. The summed E-state index contributed by atoms with van der Waals surface area (Å²) in [6.45, 7) is 4.75. The Kier molecular flexibility index (Phi) is 3.85. The average Bonchev–Trinajstić information content (AvgIpc) is 2.42. The normalized spacial score (nSPS) is 18.4. The summed E-state index contributed by atoms with van der Waals surface area (Å²) >= 11 is 0. The van der Waals surface area contributed by atoms with E-state index >= 15 is 0 Å². The molecule has 1 fully saturated rings. The lowest BCUT2D eigenvalue weighted by Crippen LogP contribution is -2.62. The Morgan fingerprint density at radius 3 is 2.62 bits per heavy atom. The smallest absolute Gasteiger partial charge is 0.245 e. The van der Waals surface area contributed by atoms with Crippen LogP contribution in [0.1, 0.15) is 13.8 Å². The van der Waals surface area contributed by atoms with Gasteiger partial charge >= 0.3 is 0 Å². The van der Waals surface area contributed by atoms with Crippen LogP contribution in [0.3, 0.4) is 0 Å². The number of hydrogen-bond donors (Lipinski definition) is 3. The highest BCUT2D eigenvalue weighted by molar-refractivity contribution is 7.89. The van der Waals surface area contributed by atoms with Gasteiger partial charge in [-0.15, -0.1) is 0 Å². The number of carbonyl (C=O) groups is 1. The Morgan fingerprint density at radius 1 is 1.38 bits per heavy atom. The molecule has 1 heterocycles. The van der Waals surface area contributed by atoms with Gasteiger partial charge in [0.2, 0.25) is 15.9 Å². The molecule has 1 aliphatic rings. The van der Waals surface area contributed by atoms with Crippen molar-refractivity contribution in [3.63, 3.8) is 0 Å². The van der Waals surface area contributed by atoms with E-state index in [1.54, 1.807) is 19.9 Å². The minimum absolute atomic E-state index is 0.0833. The number of nitrogens with one attached hydrogen (secondary N) is 2. The molecule has 0 bridgehead atoms. The lowest BCUT2D eigenvalue weighted by Gasteiger charge is -2.43. The maximum Gasteiger partial charge on any atom is 0.245 e. The standard InChI is InChI=1S/C13H20N4O3S/c1-13(2)12(18)16-6-7-17(13)11-5-4-9(8-10(11)14)21(19,20)15-3/h4-5,8,15H,6-7,14H2,1-3H3,(H,16,18). The summed E-state index contributed by atoms with van der Waals surface area (Å²) in [6.07, 6.45) is 0. The molecule has 116 valence electrons. The zero-order chi connectivity index (χ0) is 15.8. The van der Waals surface area contributed by atoms with Crippen LogP contribution in [0, 0.1) is 0 Å². The van der Waals surface area contributed by atoms with Crippen molar-refractivity contribution < 1.29 is 13.2 Å². The van der Waals surface area contributed by atoms with Crippen molar-refractivity contribution >= 4 is 27.3 Å². The maximum atomic E-state index is 12.0. The van der Waals surface area contributed by atoms with Crippen LogP contribution < -0.4 is 20.7 Å². The number of anilines is 2. The summed E-state index contributed by atoms with van der Waals surface area (Å²) in [5.74, 6) is -0.0833. The van der Waals surface area contributed by atoms with Crippen LogP contribution in [-0.2, 0) is 14.8 Å². The lowest BCUT2D eigenvalue weighted by atomic mass is 9.97. The van der Waals surface area contributed by atoms with Gasteiger partial charge in [0, 0.05) is 13.1 Å². The van der Waals surface area contributed by atoms with Crippen LogP contribution in [-0.4, -0.2) is 40.0 Å². The number of carbonyl (C=O) groups excluding carboxylic acids is 1. The first-order chi connectivity index (χ1) is 9.70. The first-order valence-electron chi connectivity index (χ1n) is 6.59. The van der Waals surface area contributed by atoms with Crippen LogP contribution in [0.25, 0.3) is 0 Å². The molecule has 0 spiro atoms. The van der Waals surface area contributed by atoms with Gasteiger partial charge in [-0.25, -0.2) is 13.1 Å². The molecule has 0 atom stereocenters. The van der Waals surface area contributed by atoms with Crippen molar-refractivity contribution in [2.45, 2.75) is 24.3 Å². The number of rotatable bonds is 3. The predicted molar refractivity (Wildman–Crippen MR) is 81.5 cm³/mol. The molecule has 7 nitrogen and oxygen atoms in total. The highest BCUT2D eigenvalue weighted by Crippen LogP contribution is 2.32. The molecule has 0 unspecified atom stereocenters. The third-order valence-corrected chi connectivity index (χ3v) is 5.13. The van der Waals surface area contributed by atoms with E-state index < -0.39 is 15.6 Å². The highest BCUT2D eigenvalue weighted by atomic mass is 32.2. The maximum absolute atomic E-state index is 12.0. The van der Waals surface area contributed by atoms with Gasteiger partial charge in [-0.05, 0) is 39.1 Å². The van der Waals surface area contributed by atoms with E-state index in [2.05, 4.69) is 10.0 Å². The molecule has 1 aromatic rings. The fourth-order valence-corrected chi connectivity index (χ4v) is 3.15. The van der Waals surface area contributed by atoms with Crippen LogP contribution in [0.2, 0.25) is 0 Å². The predicted octanol–water partition coefficient (Wildman–Crippen LogP) is -0.108. The van der Waals surface area contributed by atoms with E-state index in [0.29, 0.717) is 24.5 Å². The monoisotopic (exact) mass is 312 g/mol. The average molecular weight is 312 g/mol. The molecule has 0 aromatic heterocycles. The number of piperazine rings is 1. The topological polar surface area (TPSA) is 105 Å².